The van der Waals surface area contributed by atoms with Crippen LogP contribution in [0.15, 0.2) is 0 Å². The minimum absolute atomic E-state index is 0.0440. The number of carbonyl (C=O) groups excluding carboxylic acids is 1. The van der Waals surface area contributed by atoms with Crippen molar-refractivity contribution in [2.24, 2.45) is 0 Å². The van der Waals surface area contributed by atoms with Gasteiger partial charge in [-0.1, -0.05) is 0 Å². The van der Waals surface area contributed by atoms with Crippen LogP contribution in [0.4, 0.5) is 4.79 Å². The van der Waals surface area contributed by atoms with Crippen LogP contribution >= 0.6 is 0 Å². The zero-order chi connectivity index (χ0) is 8.48. The quantitative estimate of drug-likeness (QED) is 0.567. The molecular formula is C7H15N2O2+. The zero-order valence-corrected chi connectivity index (χ0v) is 7.26. The fourth-order valence-electron chi connectivity index (χ4n) is 1.14. The van der Waals surface area contributed by atoms with Crippen LogP contribution in [0.1, 0.15) is 0 Å². The predicted octanol–water partition coefficient (Wildman–Crippen LogP) is -0.199. The minimum Gasteiger partial charge on any atom is -0.438 e. The summed E-state index contributed by atoms with van der Waals surface area (Å²) in [6.07, 6.45) is -0.244. The highest BCUT2D eigenvalue weighted by Crippen LogP contribution is 2.03. The van der Waals surface area contributed by atoms with Gasteiger partial charge in [0.25, 0.3) is 0 Å². The summed E-state index contributed by atoms with van der Waals surface area (Å²) in [5, 5.41) is 2.62. The molecule has 4 nitrogen and oxygen atoms in total. The number of hydrogen-bond acceptors (Lipinski definition) is 2. The summed E-state index contributed by atoms with van der Waals surface area (Å²) in [5.74, 6) is 0. The molecule has 0 aromatic rings. The molecule has 0 saturated carbocycles. The molecule has 1 heterocycles. The lowest BCUT2D eigenvalue weighted by Gasteiger charge is -2.25. The van der Waals surface area contributed by atoms with Gasteiger partial charge in [0.05, 0.1) is 27.7 Å². The number of ether oxygens (including phenoxy) is 1. The summed E-state index contributed by atoms with van der Waals surface area (Å²) in [4.78, 5) is 10.6. The summed E-state index contributed by atoms with van der Waals surface area (Å²) in [6.45, 7) is 1.51. The molecule has 0 aliphatic carbocycles. The lowest BCUT2D eigenvalue weighted by atomic mass is 10.3. The first-order valence-electron chi connectivity index (χ1n) is 3.72. The third-order valence-electron chi connectivity index (χ3n) is 1.50. The molecule has 0 unspecified atom stereocenters. The summed E-state index contributed by atoms with van der Waals surface area (Å²) in [6, 6.07) is 0. The summed E-state index contributed by atoms with van der Waals surface area (Å²) in [5.41, 5.74) is 0. The van der Waals surface area contributed by atoms with Crippen LogP contribution in [0.2, 0.25) is 0 Å². The lowest BCUT2D eigenvalue weighted by Crippen LogP contribution is -2.42. The molecule has 1 atom stereocenters. The van der Waals surface area contributed by atoms with E-state index < -0.39 is 0 Å². The number of rotatable bonds is 2. The maximum Gasteiger partial charge on any atom is 0.407 e. The van der Waals surface area contributed by atoms with E-state index in [9.17, 15) is 4.79 Å². The third kappa shape index (κ3) is 2.76. The number of cyclic esters (lactones) is 1. The van der Waals surface area contributed by atoms with Gasteiger partial charge >= 0.3 is 6.09 Å². The van der Waals surface area contributed by atoms with Gasteiger partial charge in [0.15, 0.2) is 6.10 Å². The van der Waals surface area contributed by atoms with Gasteiger partial charge in [0.2, 0.25) is 0 Å². The van der Waals surface area contributed by atoms with Crippen LogP contribution in [0.3, 0.4) is 0 Å². The molecule has 0 aromatic heterocycles. The van der Waals surface area contributed by atoms with Crippen molar-refractivity contribution in [1.82, 2.24) is 5.32 Å². The molecule has 4 heteroatoms. The number of nitrogens with one attached hydrogen (secondary N) is 1. The molecule has 1 rings (SSSR count). The van der Waals surface area contributed by atoms with Crippen molar-refractivity contribution in [2.45, 2.75) is 6.10 Å². The van der Waals surface area contributed by atoms with Gasteiger partial charge in [0, 0.05) is 0 Å². The number of quaternary nitrogens is 1. The van der Waals surface area contributed by atoms with Crippen LogP contribution < -0.4 is 5.32 Å². The Labute approximate surface area is 66.7 Å². The molecule has 64 valence electrons. The second-order valence-electron chi connectivity index (χ2n) is 3.88. The van der Waals surface area contributed by atoms with Crippen molar-refractivity contribution in [3.63, 3.8) is 0 Å². The number of nitrogens with zero attached hydrogens (tertiary/aromatic N) is 1. The Kier molecular flexibility index (Phi) is 2.04. The van der Waals surface area contributed by atoms with Crippen LogP contribution in [0.25, 0.3) is 0 Å². The molecule has 1 aliphatic heterocycles. The van der Waals surface area contributed by atoms with Crippen LogP contribution in [0.5, 0.6) is 0 Å². The van der Waals surface area contributed by atoms with Crippen molar-refractivity contribution >= 4 is 6.09 Å². The monoisotopic (exact) mass is 159 g/mol. The molecule has 1 fully saturated rings. The van der Waals surface area contributed by atoms with Crippen molar-refractivity contribution in [3.05, 3.63) is 0 Å². The fourth-order valence-corrected chi connectivity index (χ4v) is 1.14. The van der Waals surface area contributed by atoms with Crippen LogP contribution in [0, 0.1) is 0 Å². The van der Waals surface area contributed by atoms with E-state index in [0.29, 0.717) is 6.54 Å². The van der Waals surface area contributed by atoms with Gasteiger partial charge in [-0.15, -0.1) is 0 Å². The number of likely N-dealkylation sites (N-methyl/N-ethyl adjacent to an activating group) is 1. The fraction of sp³-hybridized carbons (Fsp3) is 0.857. The predicted molar refractivity (Wildman–Crippen MR) is 41.2 cm³/mol. The minimum atomic E-state index is -0.288. The van der Waals surface area contributed by atoms with Gasteiger partial charge < -0.3 is 14.5 Å². The second-order valence-corrected chi connectivity index (χ2v) is 3.88. The first-order chi connectivity index (χ1) is 4.97. The Hall–Kier alpha value is -0.770. The molecule has 1 aliphatic rings. The van der Waals surface area contributed by atoms with E-state index in [4.69, 9.17) is 4.74 Å². The van der Waals surface area contributed by atoms with Gasteiger partial charge in [-0.05, 0) is 0 Å². The number of hydrogen-bond donors (Lipinski definition) is 1. The van der Waals surface area contributed by atoms with Gasteiger partial charge in [-0.2, -0.15) is 0 Å². The average molecular weight is 159 g/mol. The van der Waals surface area contributed by atoms with Crippen LogP contribution in [-0.2, 0) is 4.74 Å². The first-order valence-corrected chi connectivity index (χ1v) is 3.72. The standard InChI is InChI=1S/C7H14N2O2/c1-9(2,3)5-6-4-8-7(10)11-6/h6H,4-5H2,1-3H3/p+1/t6-/m0/s1. The van der Waals surface area contributed by atoms with E-state index in [0.717, 1.165) is 11.0 Å². The van der Waals surface area contributed by atoms with E-state index in [1.807, 2.05) is 0 Å². The van der Waals surface area contributed by atoms with E-state index in [1.165, 1.54) is 0 Å². The van der Waals surface area contributed by atoms with Crippen molar-refractivity contribution in [1.29, 1.82) is 0 Å². The SMILES string of the molecule is C[N+](C)(C)C[C@@H]1CNC(=O)O1. The number of carbonyl (C=O) groups is 1. The van der Waals surface area contributed by atoms with Gasteiger partial charge in [0.1, 0.15) is 6.54 Å². The van der Waals surface area contributed by atoms with Crippen molar-refractivity contribution in [2.75, 3.05) is 34.2 Å². The van der Waals surface area contributed by atoms with Crippen molar-refractivity contribution < 1.29 is 14.0 Å². The number of alkyl carbamates (subject to hydrolysis) is 1. The smallest absolute Gasteiger partial charge is 0.407 e. The van der Waals surface area contributed by atoms with Crippen LogP contribution in [-0.4, -0.2) is 50.9 Å². The molecule has 1 N–H and O–H groups in total. The molecule has 1 saturated heterocycles. The summed E-state index contributed by atoms with van der Waals surface area (Å²) >= 11 is 0. The Balaban J connectivity index is 2.34. The molecule has 0 aromatic carbocycles. The lowest BCUT2D eigenvalue weighted by molar-refractivity contribution is -0.873. The molecule has 1 amide bonds. The highest BCUT2D eigenvalue weighted by Gasteiger charge is 2.27. The van der Waals surface area contributed by atoms with E-state index >= 15 is 0 Å². The molecule has 11 heavy (non-hydrogen) atoms. The van der Waals surface area contributed by atoms with Gasteiger partial charge in [-0.25, -0.2) is 4.79 Å². The molecule has 0 bridgehead atoms. The molecule has 0 radical (unpaired) electrons. The Morgan fingerprint density at radius 2 is 2.27 bits per heavy atom. The summed E-state index contributed by atoms with van der Waals surface area (Å²) < 4.78 is 5.79. The van der Waals surface area contributed by atoms with E-state index in [2.05, 4.69) is 26.5 Å². The molecule has 0 spiro atoms. The van der Waals surface area contributed by atoms with E-state index in [1.54, 1.807) is 0 Å². The van der Waals surface area contributed by atoms with E-state index in [-0.39, 0.29) is 12.2 Å². The zero-order valence-electron chi connectivity index (χ0n) is 7.26. The Morgan fingerprint density at radius 1 is 1.64 bits per heavy atom. The Morgan fingerprint density at radius 3 is 2.64 bits per heavy atom. The Bertz CT molecular complexity index is 162. The second kappa shape index (κ2) is 2.70. The van der Waals surface area contributed by atoms with Crippen molar-refractivity contribution in [3.8, 4) is 0 Å². The number of amides is 1. The molecular weight excluding hydrogens is 144 g/mol. The largest absolute Gasteiger partial charge is 0.438 e. The average Bonchev–Trinajstić information content (AvgIpc) is 2.10. The normalized spacial score (nSPS) is 24.6. The third-order valence-corrected chi connectivity index (χ3v) is 1.50. The van der Waals surface area contributed by atoms with Gasteiger partial charge in [-0.3, -0.25) is 0 Å². The summed E-state index contributed by atoms with van der Waals surface area (Å²) in [7, 11) is 6.23. The maximum absolute atomic E-state index is 10.6. The highest BCUT2D eigenvalue weighted by atomic mass is 16.6. The highest BCUT2D eigenvalue weighted by molar-refractivity contribution is 5.69. The first kappa shape index (κ1) is 8.33. The maximum atomic E-state index is 10.6. The topological polar surface area (TPSA) is 38.3 Å².